The number of hydrogen-bond donors (Lipinski definition) is 1. The minimum Gasteiger partial charge on any atom is -0.465 e. The van der Waals surface area contributed by atoms with Crippen molar-refractivity contribution in [2.45, 2.75) is 6.42 Å². The number of nitrogens with two attached hydrogens (primary N) is 1. The molecule has 1 fully saturated rings. The number of halogens is 1. The first-order chi connectivity index (χ1) is 9.06. The third kappa shape index (κ3) is 2.58. The van der Waals surface area contributed by atoms with Gasteiger partial charge in [0.2, 0.25) is 5.91 Å². The molecule has 1 aliphatic rings. The summed E-state index contributed by atoms with van der Waals surface area (Å²) < 4.78 is 18.0. The van der Waals surface area contributed by atoms with Crippen LogP contribution in [-0.4, -0.2) is 32.1 Å². The highest BCUT2D eigenvalue weighted by molar-refractivity contribution is 5.97. The second-order valence-electron chi connectivity index (χ2n) is 4.47. The molecule has 1 heterocycles. The molecule has 1 aliphatic heterocycles. The summed E-state index contributed by atoms with van der Waals surface area (Å²) in [5, 5.41) is 0. The van der Waals surface area contributed by atoms with Gasteiger partial charge in [-0.15, -0.1) is 0 Å². The van der Waals surface area contributed by atoms with Crippen molar-refractivity contribution < 1.29 is 18.7 Å². The van der Waals surface area contributed by atoms with E-state index in [1.54, 1.807) is 0 Å². The predicted octanol–water partition coefficient (Wildman–Crippen LogP) is 0.924. The summed E-state index contributed by atoms with van der Waals surface area (Å²) in [5.74, 6) is -1.41. The Morgan fingerprint density at radius 1 is 1.58 bits per heavy atom. The summed E-state index contributed by atoms with van der Waals surface area (Å²) in [7, 11) is 1.18. The number of hydrogen-bond acceptors (Lipinski definition) is 4. The lowest BCUT2D eigenvalue weighted by Crippen LogP contribution is -2.26. The van der Waals surface area contributed by atoms with E-state index in [2.05, 4.69) is 4.74 Å². The van der Waals surface area contributed by atoms with Crippen molar-refractivity contribution in [3.8, 4) is 0 Å². The monoisotopic (exact) mass is 266 g/mol. The number of nitrogens with zero attached hydrogens (tertiary/aromatic N) is 1. The molecule has 2 N–H and O–H groups in total. The van der Waals surface area contributed by atoms with Crippen LogP contribution in [0.5, 0.6) is 0 Å². The number of carbonyl (C=O) groups is 2. The minimum atomic E-state index is -0.763. The second-order valence-corrected chi connectivity index (χ2v) is 4.47. The number of anilines is 1. The summed E-state index contributed by atoms with van der Waals surface area (Å²) >= 11 is 0. The molecule has 102 valence electrons. The zero-order chi connectivity index (χ0) is 14.0. The van der Waals surface area contributed by atoms with Crippen LogP contribution >= 0.6 is 0 Å². The number of methoxy groups -OCH3 is 1. The van der Waals surface area contributed by atoms with Crippen molar-refractivity contribution in [2.24, 2.45) is 11.7 Å². The molecule has 0 aromatic heterocycles. The normalized spacial score (nSPS) is 18.8. The number of rotatable bonds is 3. The van der Waals surface area contributed by atoms with Crippen molar-refractivity contribution in [3.63, 3.8) is 0 Å². The van der Waals surface area contributed by atoms with Crippen molar-refractivity contribution in [2.75, 3.05) is 25.1 Å². The maximum atomic E-state index is 13.5. The van der Waals surface area contributed by atoms with E-state index in [0.29, 0.717) is 25.2 Å². The Labute approximate surface area is 110 Å². The van der Waals surface area contributed by atoms with Crippen LogP contribution in [0.3, 0.4) is 0 Å². The summed E-state index contributed by atoms with van der Waals surface area (Å²) in [6.45, 7) is 0.912. The Morgan fingerprint density at radius 3 is 2.89 bits per heavy atom. The smallest absolute Gasteiger partial charge is 0.340 e. The summed E-state index contributed by atoms with van der Waals surface area (Å²) in [5.41, 5.74) is 5.86. The highest BCUT2D eigenvalue weighted by Crippen LogP contribution is 2.26. The first-order valence-electron chi connectivity index (χ1n) is 5.95. The maximum Gasteiger partial charge on any atom is 0.340 e. The van der Waals surface area contributed by atoms with Gasteiger partial charge < -0.3 is 15.4 Å². The molecule has 1 aromatic carbocycles. The third-order valence-electron chi connectivity index (χ3n) is 3.21. The molecule has 5 nitrogen and oxygen atoms in total. The van der Waals surface area contributed by atoms with Crippen LogP contribution in [-0.2, 0) is 9.53 Å². The van der Waals surface area contributed by atoms with Crippen LogP contribution in [0.4, 0.5) is 10.1 Å². The molecule has 6 heteroatoms. The molecule has 0 spiro atoms. The van der Waals surface area contributed by atoms with E-state index in [0.717, 1.165) is 6.07 Å². The quantitative estimate of drug-likeness (QED) is 0.826. The molecule has 2 rings (SSSR count). The molecule has 1 atom stereocenters. The highest BCUT2D eigenvalue weighted by Gasteiger charge is 2.30. The van der Waals surface area contributed by atoms with Crippen molar-refractivity contribution in [1.29, 1.82) is 0 Å². The number of benzene rings is 1. The average Bonchev–Trinajstić information content (AvgIpc) is 2.80. The molecule has 1 unspecified atom stereocenters. The van der Waals surface area contributed by atoms with Gasteiger partial charge in [-0.05, 0) is 30.7 Å². The van der Waals surface area contributed by atoms with Gasteiger partial charge in [-0.1, -0.05) is 0 Å². The summed E-state index contributed by atoms with van der Waals surface area (Å²) in [6, 6.07) is 3.96. The Bertz CT molecular complexity index is 519. The highest BCUT2D eigenvalue weighted by atomic mass is 19.1. The average molecular weight is 266 g/mol. The molecule has 0 saturated carbocycles. The van der Waals surface area contributed by atoms with Crippen molar-refractivity contribution in [1.82, 2.24) is 0 Å². The van der Waals surface area contributed by atoms with Crippen LogP contribution in [0.2, 0.25) is 0 Å². The van der Waals surface area contributed by atoms with Gasteiger partial charge in [0.25, 0.3) is 0 Å². The Kier molecular flexibility index (Phi) is 3.80. The molecular weight excluding hydrogens is 251 g/mol. The topological polar surface area (TPSA) is 72.6 Å². The lowest BCUT2D eigenvalue weighted by Gasteiger charge is -2.17. The maximum absolute atomic E-state index is 13.5. The lowest BCUT2D eigenvalue weighted by atomic mass is 10.1. The van der Waals surface area contributed by atoms with E-state index in [-0.39, 0.29) is 17.4 Å². The van der Waals surface area contributed by atoms with Gasteiger partial charge in [0.1, 0.15) is 5.82 Å². The fourth-order valence-corrected chi connectivity index (χ4v) is 2.14. The van der Waals surface area contributed by atoms with Gasteiger partial charge >= 0.3 is 5.97 Å². The molecule has 1 amide bonds. The van der Waals surface area contributed by atoms with E-state index in [1.807, 2.05) is 0 Å². The molecule has 0 radical (unpaired) electrons. The number of ether oxygens (including phenoxy) is 1. The summed E-state index contributed by atoms with van der Waals surface area (Å²) in [4.78, 5) is 24.8. The lowest BCUT2D eigenvalue weighted by molar-refractivity contribution is -0.117. The Hall–Kier alpha value is -1.95. The fourth-order valence-electron chi connectivity index (χ4n) is 2.14. The van der Waals surface area contributed by atoms with Crippen LogP contribution in [0.25, 0.3) is 0 Å². The number of esters is 1. The van der Waals surface area contributed by atoms with Crippen molar-refractivity contribution >= 4 is 17.6 Å². The van der Waals surface area contributed by atoms with E-state index in [9.17, 15) is 14.0 Å². The molecule has 1 saturated heterocycles. The molecule has 0 bridgehead atoms. The summed E-state index contributed by atoms with van der Waals surface area (Å²) in [6.07, 6.45) is 0.376. The molecule has 19 heavy (non-hydrogen) atoms. The fraction of sp³-hybridized carbons (Fsp3) is 0.385. The Balaban J connectivity index is 2.31. The van der Waals surface area contributed by atoms with Crippen molar-refractivity contribution in [3.05, 3.63) is 29.6 Å². The third-order valence-corrected chi connectivity index (χ3v) is 3.21. The van der Waals surface area contributed by atoms with Crippen LogP contribution in [0.1, 0.15) is 16.8 Å². The number of carbonyl (C=O) groups excluding carboxylic acids is 2. The largest absolute Gasteiger partial charge is 0.465 e. The van der Waals surface area contributed by atoms with E-state index in [1.165, 1.54) is 24.1 Å². The van der Waals surface area contributed by atoms with Gasteiger partial charge in [-0.25, -0.2) is 9.18 Å². The zero-order valence-corrected chi connectivity index (χ0v) is 10.6. The minimum absolute atomic E-state index is 0.0714. The first kappa shape index (κ1) is 13.5. The van der Waals surface area contributed by atoms with Crippen LogP contribution in [0.15, 0.2) is 18.2 Å². The predicted molar refractivity (Wildman–Crippen MR) is 67.3 cm³/mol. The van der Waals surface area contributed by atoms with Crippen LogP contribution < -0.4 is 10.6 Å². The van der Waals surface area contributed by atoms with E-state index >= 15 is 0 Å². The first-order valence-corrected chi connectivity index (χ1v) is 5.95. The van der Waals surface area contributed by atoms with E-state index < -0.39 is 11.8 Å². The standard InChI is InChI=1S/C13H15FN2O3/c1-19-13(18)10-5-9(2-3-11(10)14)16-7-8(6-15)4-12(16)17/h2-3,5,8H,4,6-7,15H2,1H3. The number of amides is 1. The molecule has 0 aliphatic carbocycles. The van der Waals surface area contributed by atoms with Gasteiger partial charge in [-0.2, -0.15) is 0 Å². The molecular formula is C13H15FN2O3. The zero-order valence-electron chi connectivity index (χ0n) is 10.6. The molecule has 1 aromatic rings. The van der Waals surface area contributed by atoms with Gasteiger partial charge in [0.05, 0.1) is 12.7 Å². The van der Waals surface area contributed by atoms with Gasteiger partial charge in [0.15, 0.2) is 0 Å². The second kappa shape index (κ2) is 5.36. The van der Waals surface area contributed by atoms with Gasteiger partial charge in [0, 0.05) is 18.7 Å². The van der Waals surface area contributed by atoms with Crippen LogP contribution in [0, 0.1) is 11.7 Å². The SMILES string of the molecule is COC(=O)c1cc(N2CC(CN)CC2=O)ccc1F. The van der Waals surface area contributed by atoms with Gasteiger partial charge in [-0.3, -0.25) is 4.79 Å². The Morgan fingerprint density at radius 2 is 2.32 bits per heavy atom. The van der Waals surface area contributed by atoms with E-state index in [4.69, 9.17) is 5.73 Å².